The Morgan fingerprint density at radius 1 is 0.500 bits per heavy atom. The van der Waals surface area contributed by atoms with Gasteiger partial charge in [-0.3, -0.25) is 0 Å². The van der Waals surface area contributed by atoms with E-state index in [0.717, 1.165) is 73.8 Å². The fourth-order valence-corrected chi connectivity index (χ4v) is 11.2. The maximum Gasteiger partial charge on any atom is 0.252 e. The summed E-state index contributed by atoms with van der Waals surface area (Å²) < 4.78 is 27.3. The minimum Gasteiger partial charge on any atom is -0.311 e. The molecule has 10 rings (SSSR count). The van der Waals surface area contributed by atoms with Crippen molar-refractivity contribution in [2.24, 2.45) is 0 Å². The molecule has 0 radical (unpaired) electrons. The lowest BCUT2D eigenvalue weighted by Gasteiger charge is -2.45. The van der Waals surface area contributed by atoms with Crippen molar-refractivity contribution in [3.63, 3.8) is 0 Å². The highest BCUT2D eigenvalue weighted by Gasteiger charge is 2.48. The number of fused-ring (bicyclic) bond motifs is 5. The SMILES string of the molecule is [2H]C([2H])([2H])c1cc2c3c(c1)N(c1ccc(C(C)(C)C)cc1-c1ccccc1)c1cc4c(cc1B3c1ccc(-c3ccccc3)cc1N2c1ccc(C(C)(C)C)cc1C)C(C)(C)CC4(C)C. The van der Waals surface area contributed by atoms with E-state index in [0.29, 0.717) is 5.56 Å². The van der Waals surface area contributed by atoms with Gasteiger partial charge in [0.15, 0.2) is 0 Å². The quantitative estimate of drug-likeness (QED) is 0.163. The van der Waals surface area contributed by atoms with Crippen LogP contribution in [0, 0.1) is 13.8 Å². The Kier molecular flexibility index (Phi) is 8.23. The molecule has 0 N–H and O–H groups in total. The predicted molar refractivity (Wildman–Crippen MR) is 269 cm³/mol. The molecule has 0 saturated heterocycles. The molecule has 0 atom stereocenters. The van der Waals surface area contributed by atoms with Crippen LogP contribution in [0.15, 0.2) is 140 Å². The van der Waals surface area contributed by atoms with Gasteiger partial charge >= 0.3 is 0 Å². The summed E-state index contributed by atoms with van der Waals surface area (Å²) in [4.78, 5) is 4.83. The largest absolute Gasteiger partial charge is 0.311 e. The van der Waals surface area contributed by atoms with E-state index in [4.69, 9.17) is 4.11 Å². The van der Waals surface area contributed by atoms with Crippen LogP contribution in [0.1, 0.15) is 113 Å². The Labute approximate surface area is 376 Å². The molecule has 310 valence electrons. The maximum atomic E-state index is 9.11. The summed E-state index contributed by atoms with van der Waals surface area (Å²) in [5.41, 5.74) is 20.7. The average Bonchev–Trinajstić information content (AvgIpc) is 3.43. The van der Waals surface area contributed by atoms with Gasteiger partial charge in [-0.2, -0.15) is 0 Å². The normalized spacial score (nSPS) is 16.8. The van der Waals surface area contributed by atoms with Gasteiger partial charge in [0.05, 0.1) is 5.69 Å². The van der Waals surface area contributed by atoms with Crippen LogP contribution in [-0.4, -0.2) is 6.71 Å². The van der Waals surface area contributed by atoms with Gasteiger partial charge < -0.3 is 9.80 Å². The first-order chi connectivity index (χ1) is 30.5. The molecule has 3 heteroatoms. The standard InChI is InChI=1S/C59H61BN2/c1-37-29-53-55-54(30-37)62(50-28-25-43(57(6,7)8)33-44(50)40-21-17-14-18-22-40)52-35-46-45(58(9,10)36-59(46,11)12)34-48(52)60(55)47-26-23-41(39-19-15-13-16-20-39)32-51(47)61(53)49-27-24-42(31-38(49)2)56(3,4)5/h13-35H,36H2,1-12H3/i1D3. The molecule has 0 aromatic heterocycles. The Balaban J connectivity index is 1.37. The van der Waals surface area contributed by atoms with Crippen LogP contribution in [0.3, 0.4) is 0 Å². The summed E-state index contributed by atoms with van der Waals surface area (Å²) in [6, 6.07) is 51.1. The minimum atomic E-state index is -2.38. The third-order valence-electron chi connectivity index (χ3n) is 14.1. The van der Waals surface area contributed by atoms with Crippen molar-refractivity contribution in [2.75, 3.05) is 9.80 Å². The van der Waals surface area contributed by atoms with E-state index in [-0.39, 0.29) is 28.4 Å². The predicted octanol–water partition coefficient (Wildman–Crippen LogP) is 14.3. The molecule has 3 aliphatic rings. The monoisotopic (exact) mass is 812 g/mol. The molecule has 1 aliphatic carbocycles. The van der Waals surface area contributed by atoms with Crippen molar-refractivity contribution in [2.45, 2.75) is 111 Å². The van der Waals surface area contributed by atoms with Gasteiger partial charge in [-0.05, 0) is 151 Å². The smallest absolute Gasteiger partial charge is 0.252 e. The molecule has 0 amide bonds. The van der Waals surface area contributed by atoms with E-state index >= 15 is 0 Å². The third kappa shape index (κ3) is 6.37. The number of anilines is 6. The Morgan fingerprint density at radius 3 is 1.65 bits per heavy atom. The van der Waals surface area contributed by atoms with Gasteiger partial charge in [-0.1, -0.05) is 166 Å². The Morgan fingerprint density at radius 2 is 1.05 bits per heavy atom. The lowest BCUT2D eigenvalue weighted by atomic mass is 9.33. The molecule has 0 saturated carbocycles. The van der Waals surface area contributed by atoms with Gasteiger partial charge in [-0.25, -0.2) is 0 Å². The van der Waals surface area contributed by atoms with Crippen LogP contribution in [-0.2, 0) is 21.7 Å². The van der Waals surface area contributed by atoms with Crippen LogP contribution in [0.2, 0.25) is 0 Å². The summed E-state index contributed by atoms with van der Waals surface area (Å²) >= 11 is 0. The number of rotatable bonds is 4. The van der Waals surface area contributed by atoms with Gasteiger partial charge in [0.1, 0.15) is 0 Å². The molecule has 2 nitrogen and oxygen atoms in total. The van der Waals surface area contributed by atoms with Crippen molar-refractivity contribution in [3.05, 3.63) is 173 Å². The van der Waals surface area contributed by atoms with E-state index in [1.165, 1.54) is 33.2 Å². The lowest BCUT2D eigenvalue weighted by Crippen LogP contribution is -2.61. The van der Waals surface area contributed by atoms with Crippen molar-refractivity contribution in [1.29, 1.82) is 0 Å². The van der Waals surface area contributed by atoms with E-state index in [2.05, 4.69) is 213 Å². The zero-order valence-corrected chi connectivity index (χ0v) is 38.5. The second-order valence-corrected chi connectivity index (χ2v) is 21.7. The highest BCUT2D eigenvalue weighted by Crippen LogP contribution is 2.54. The average molecular weight is 812 g/mol. The summed E-state index contributed by atoms with van der Waals surface area (Å²) in [5.74, 6) is 0. The van der Waals surface area contributed by atoms with E-state index in [9.17, 15) is 0 Å². The van der Waals surface area contributed by atoms with Crippen LogP contribution in [0.25, 0.3) is 22.3 Å². The van der Waals surface area contributed by atoms with Crippen LogP contribution in [0.4, 0.5) is 34.1 Å². The zero-order valence-electron chi connectivity index (χ0n) is 41.5. The van der Waals surface area contributed by atoms with E-state index < -0.39 is 6.85 Å². The van der Waals surface area contributed by atoms with Gasteiger partial charge in [0.25, 0.3) is 6.71 Å². The zero-order chi connectivity index (χ0) is 46.2. The first kappa shape index (κ1) is 36.8. The van der Waals surface area contributed by atoms with Crippen molar-refractivity contribution < 1.29 is 4.11 Å². The van der Waals surface area contributed by atoms with Crippen molar-refractivity contribution in [1.82, 2.24) is 0 Å². The summed E-state index contributed by atoms with van der Waals surface area (Å²) in [6.07, 6.45) is 1.04. The molecular weight excluding hydrogens is 747 g/mol. The number of nitrogens with zero attached hydrogens (tertiary/aromatic N) is 2. The number of benzene rings is 7. The Hall–Kier alpha value is -5.80. The molecule has 62 heavy (non-hydrogen) atoms. The topological polar surface area (TPSA) is 6.48 Å². The van der Waals surface area contributed by atoms with Crippen molar-refractivity contribution >= 4 is 57.2 Å². The van der Waals surface area contributed by atoms with E-state index in [1.807, 2.05) is 12.1 Å². The Bertz CT molecular complexity index is 3040. The van der Waals surface area contributed by atoms with Crippen LogP contribution < -0.4 is 26.2 Å². The maximum absolute atomic E-state index is 9.11. The molecule has 2 aliphatic heterocycles. The van der Waals surface area contributed by atoms with Gasteiger partial charge in [0, 0.05) is 38.1 Å². The molecule has 0 bridgehead atoms. The molecule has 2 heterocycles. The number of hydrogen-bond acceptors (Lipinski definition) is 2. The molecule has 0 fully saturated rings. The van der Waals surface area contributed by atoms with Gasteiger partial charge in [-0.15, -0.1) is 0 Å². The molecule has 0 spiro atoms. The van der Waals surface area contributed by atoms with Gasteiger partial charge in [0.2, 0.25) is 0 Å². The van der Waals surface area contributed by atoms with E-state index in [1.54, 1.807) is 0 Å². The van der Waals surface area contributed by atoms with Crippen LogP contribution >= 0.6 is 0 Å². The molecular formula is C59H61BN2. The molecule has 7 aromatic rings. The summed E-state index contributed by atoms with van der Waals surface area (Å²) in [7, 11) is 0. The lowest BCUT2D eigenvalue weighted by molar-refractivity contribution is 0.403. The highest BCUT2D eigenvalue weighted by molar-refractivity contribution is 7.00. The molecule has 7 aromatic carbocycles. The summed E-state index contributed by atoms with van der Waals surface area (Å²) in [6.45, 7) is 22.8. The first-order valence-electron chi connectivity index (χ1n) is 24.0. The first-order valence-corrected chi connectivity index (χ1v) is 22.5. The fourth-order valence-electron chi connectivity index (χ4n) is 11.2. The second-order valence-electron chi connectivity index (χ2n) is 21.7. The summed E-state index contributed by atoms with van der Waals surface area (Å²) in [5, 5.41) is 0. The third-order valence-corrected chi connectivity index (χ3v) is 14.1. The fraction of sp³-hybridized carbons (Fsp3) is 0.288. The highest BCUT2D eigenvalue weighted by atomic mass is 15.2. The second kappa shape index (κ2) is 13.9. The van der Waals surface area contributed by atoms with Crippen molar-refractivity contribution in [3.8, 4) is 22.3 Å². The number of hydrogen-bond donors (Lipinski definition) is 0. The number of aryl methyl sites for hydroxylation is 2. The molecule has 0 unspecified atom stereocenters. The van der Waals surface area contributed by atoms with Crippen LogP contribution in [0.5, 0.6) is 0 Å². The minimum absolute atomic E-state index is 0.0386.